The van der Waals surface area contributed by atoms with Gasteiger partial charge in [-0.25, -0.2) is 0 Å². The number of amides is 2. The standard InChI is InChI=1S/C21H28ClN5O2S/c1-14-7-11-27(12-8-14)10-4-9-24-21(29)19-17(23)18(26-30-19)20(28)25-13-15-5-2-3-6-16(15)22/h2-3,5-6,14H,4,7-13,23H2,1H3,(H,24,29)(H,25,28). The number of nitrogens with zero attached hydrogens (tertiary/aromatic N) is 2. The summed E-state index contributed by atoms with van der Waals surface area (Å²) in [5, 5.41) is 6.20. The lowest BCUT2D eigenvalue weighted by molar-refractivity contribution is 0.0946. The van der Waals surface area contributed by atoms with Crippen LogP contribution in [0.3, 0.4) is 0 Å². The number of carbonyl (C=O) groups is 2. The lowest BCUT2D eigenvalue weighted by Gasteiger charge is -2.30. The maximum absolute atomic E-state index is 12.4. The summed E-state index contributed by atoms with van der Waals surface area (Å²) in [6.07, 6.45) is 3.36. The van der Waals surface area contributed by atoms with E-state index in [4.69, 9.17) is 17.3 Å². The summed E-state index contributed by atoms with van der Waals surface area (Å²) in [6.45, 7) is 6.35. The van der Waals surface area contributed by atoms with Gasteiger partial charge in [0.05, 0.1) is 5.69 Å². The molecule has 2 amide bonds. The molecule has 2 heterocycles. The third-order valence-corrected chi connectivity index (χ3v) is 6.59. The van der Waals surface area contributed by atoms with Crippen molar-refractivity contribution in [2.24, 2.45) is 5.92 Å². The molecule has 7 nitrogen and oxygen atoms in total. The first kappa shape index (κ1) is 22.5. The molecule has 0 saturated carbocycles. The average molecular weight is 450 g/mol. The van der Waals surface area contributed by atoms with Gasteiger partial charge >= 0.3 is 0 Å². The Bertz CT molecular complexity index is 880. The average Bonchev–Trinajstić information content (AvgIpc) is 3.13. The fourth-order valence-corrected chi connectivity index (χ4v) is 4.31. The monoisotopic (exact) mass is 449 g/mol. The van der Waals surface area contributed by atoms with E-state index in [0.717, 1.165) is 49.1 Å². The van der Waals surface area contributed by atoms with Crippen LogP contribution in [0.1, 0.15) is 51.9 Å². The van der Waals surface area contributed by atoms with Crippen molar-refractivity contribution in [1.29, 1.82) is 0 Å². The second-order valence-electron chi connectivity index (χ2n) is 7.68. The van der Waals surface area contributed by atoms with Crippen LogP contribution in [0.25, 0.3) is 0 Å². The first-order valence-electron chi connectivity index (χ1n) is 10.2. The van der Waals surface area contributed by atoms with Crippen LogP contribution in [0, 0.1) is 5.92 Å². The van der Waals surface area contributed by atoms with Gasteiger partial charge in [-0.2, -0.15) is 4.37 Å². The van der Waals surface area contributed by atoms with Crippen LogP contribution in [0.4, 0.5) is 5.69 Å². The van der Waals surface area contributed by atoms with Gasteiger partial charge in [-0.3, -0.25) is 9.59 Å². The van der Waals surface area contributed by atoms with Gasteiger partial charge in [-0.15, -0.1) is 0 Å². The molecule has 0 spiro atoms. The number of nitrogens with two attached hydrogens (primary N) is 1. The second kappa shape index (κ2) is 10.7. The molecule has 1 aliphatic rings. The van der Waals surface area contributed by atoms with Gasteiger partial charge < -0.3 is 21.3 Å². The molecule has 0 atom stereocenters. The van der Waals surface area contributed by atoms with Gasteiger partial charge in [0.15, 0.2) is 5.69 Å². The summed E-state index contributed by atoms with van der Waals surface area (Å²) in [7, 11) is 0. The summed E-state index contributed by atoms with van der Waals surface area (Å²) in [6, 6.07) is 7.26. The third-order valence-electron chi connectivity index (χ3n) is 5.36. The van der Waals surface area contributed by atoms with Crippen LogP contribution in [-0.4, -0.2) is 47.3 Å². The Labute approximate surface area is 186 Å². The highest BCUT2D eigenvalue weighted by molar-refractivity contribution is 7.09. The van der Waals surface area contributed by atoms with Gasteiger partial charge in [0.25, 0.3) is 11.8 Å². The van der Waals surface area contributed by atoms with E-state index in [1.54, 1.807) is 6.07 Å². The van der Waals surface area contributed by atoms with E-state index in [-0.39, 0.29) is 28.7 Å². The number of halogens is 1. The summed E-state index contributed by atoms with van der Waals surface area (Å²) in [4.78, 5) is 27.6. The van der Waals surface area contributed by atoms with Crippen molar-refractivity contribution in [2.45, 2.75) is 32.7 Å². The van der Waals surface area contributed by atoms with Crippen LogP contribution in [0.5, 0.6) is 0 Å². The Balaban J connectivity index is 1.46. The molecule has 4 N–H and O–H groups in total. The molecular weight excluding hydrogens is 422 g/mol. The number of nitrogens with one attached hydrogen (secondary N) is 2. The Hall–Kier alpha value is -2.16. The zero-order valence-corrected chi connectivity index (χ0v) is 18.7. The predicted octanol–water partition coefficient (Wildman–Crippen LogP) is 3.16. The number of carbonyl (C=O) groups excluding carboxylic acids is 2. The van der Waals surface area contributed by atoms with Crippen molar-refractivity contribution in [1.82, 2.24) is 19.9 Å². The highest BCUT2D eigenvalue weighted by Gasteiger charge is 2.22. The molecule has 1 fully saturated rings. The van der Waals surface area contributed by atoms with Crippen molar-refractivity contribution < 1.29 is 9.59 Å². The van der Waals surface area contributed by atoms with Crippen LogP contribution < -0.4 is 16.4 Å². The number of anilines is 1. The molecule has 1 aromatic heterocycles. The minimum atomic E-state index is -0.429. The van der Waals surface area contributed by atoms with Gasteiger partial charge in [0.2, 0.25) is 0 Å². The zero-order valence-electron chi connectivity index (χ0n) is 17.1. The molecule has 2 aromatic rings. The molecule has 0 unspecified atom stereocenters. The number of piperidine rings is 1. The van der Waals surface area contributed by atoms with Crippen LogP contribution >= 0.6 is 23.1 Å². The molecule has 0 radical (unpaired) electrons. The van der Waals surface area contributed by atoms with Crippen molar-refractivity contribution in [3.8, 4) is 0 Å². The summed E-state index contributed by atoms with van der Waals surface area (Å²) >= 11 is 7.04. The Morgan fingerprint density at radius 1 is 1.23 bits per heavy atom. The van der Waals surface area contributed by atoms with Crippen LogP contribution in [0.15, 0.2) is 24.3 Å². The molecule has 1 aromatic carbocycles. The lowest BCUT2D eigenvalue weighted by Crippen LogP contribution is -2.35. The fraction of sp³-hybridized carbons (Fsp3) is 0.476. The van der Waals surface area contributed by atoms with Crippen molar-refractivity contribution in [3.63, 3.8) is 0 Å². The van der Waals surface area contributed by atoms with Crippen LogP contribution in [0.2, 0.25) is 5.02 Å². The number of benzene rings is 1. The number of likely N-dealkylation sites (tertiary alicyclic amines) is 1. The van der Waals surface area contributed by atoms with Crippen LogP contribution in [-0.2, 0) is 6.54 Å². The summed E-state index contributed by atoms with van der Waals surface area (Å²) in [5.74, 6) is 0.0933. The highest BCUT2D eigenvalue weighted by Crippen LogP contribution is 2.22. The summed E-state index contributed by atoms with van der Waals surface area (Å²) < 4.78 is 4.08. The smallest absolute Gasteiger partial charge is 0.273 e. The molecule has 9 heteroatoms. The molecule has 3 rings (SSSR count). The number of aromatic nitrogens is 1. The highest BCUT2D eigenvalue weighted by atomic mass is 35.5. The largest absolute Gasteiger partial charge is 0.395 e. The van der Waals surface area contributed by atoms with Gasteiger partial charge in [-0.1, -0.05) is 36.7 Å². The zero-order chi connectivity index (χ0) is 21.5. The molecular formula is C21H28ClN5O2S. The SMILES string of the molecule is CC1CCN(CCCNC(=O)c2snc(C(=O)NCc3ccccc3Cl)c2N)CC1. The minimum absolute atomic E-state index is 0.0691. The Kier molecular flexibility index (Phi) is 8.07. The van der Waals surface area contributed by atoms with E-state index in [1.807, 2.05) is 18.2 Å². The number of hydrogen-bond donors (Lipinski definition) is 3. The van der Waals surface area contributed by atoms with Gasteiger partial charge in [0, 0.05) is 18.1 Å². The number of nitrogen functional groups attached to an aromatic ring is 1. The Morgan fingerprint density at radius 3 is 2.70 bits per heavy atom. The number of rotatable bonds is 8. The molecule has 30 heavy (non-hydrogen) atoms. The maximum Gasteiger partial charge on any atom is 0.273 e. The summed E-state index contributed by atoms with van der Waals surface area (Å²) in [5.41, 5.74) is 7.00. The molecule has 0 aliphatic carbocycles. The van der Waals surface area contributed by atoms with E-state index < -0.39 is 5.91 Å². The van der Waals surface area contributed by atoms with Gasteiger partial charge in [0.1, 0.15) is 4.88 Å². The van der Waals surface area contributed by atoms with Crippen molar-refractivity contribution in [2.75, 3.05) is 31.9 Å². The van der Waals surface area contributed by atoms with E-state index in [2.05, 4.69) is 26.8 Å². The normalized spacial score (nSPS) is 15.1. The fourth-order valence-electron chi connectivity index (χ4n) is 3.40. The molecule has 0 bridgehead atoms. The number of hydrogen-bond acceptors (Lipinski definition) is 6. The predicted molar refractivity (Wildman–Crippen MR) is 121 cm³/mol. The lowest BCUT2D eigenvalue weighted by atomic mass is 9.99. The molecule has 1 saturated heterocycles. The van der Waals surface area contributed by atoms with Gasteiger partial charge in [-0.05, 0) is 68.0 Å². The Morgan fingerprint density at radius 2 is 1.97 bits per heavy atom. The first-order chi connectivity index (χ1) is 14.5. The van der Waals surface area contributed by atoms with Crippen molar-refractivity contribution >= 4 is 40.6 Å². The maximum atomic E-state index is 12.4. The first-order valence-corrected chi connectivity index (χ1v) is 11.4. The minimum Gasteiger partial charge on any atom is -0.395 e. The molecule has 162 valence electrons. The van der Waals surface area contributed by atoms with Crippen molar-refractivity contribution in [3.05, 3.63) is 45.4 Å². The van der Waals surface area contributed by atoms with E-state index >= 15 is 0 Å². The quantitative estimate of drug-likeness (QED) is 0.537. The third kappa shape index (κ3) is 5.93. The topological polar surface area (TPSA) is 100 Å². The van der Waals surface area contributed by atoms with E-state index in [9.17, 15) is 9.59 Å². The van der Waals surface area contributed by atoms with E-state index in [1.165, 1.54) is 12.8 Å². The molecule has 1 aliphatic heterocycles. The second-order valence-corrected chi connectivity index (χ2v) is 8.86. The van der Waals surface area contributed by atoms with E-state index in [0.29, 0.717) is 11.6 Å².